The Kier molecular flexibility index (Phi) is 4.43. The van der Waals surface area contributed by atoms with E-state index >= 15 is 0 Å². The first kappa shape index (κ1) is 18.1. The minimum Gasteiger partial charge on any atom is -0.872 e. The van der Waals surface area contributed by atoms with E-state index in [1.165, 1.54) is 17.4 Å². The Hall–Kier alpha value is -2.99. The number of Topliss-reactive ketones (excluding diaryl/α,β-unsaturated/α-hetero) is 1. The predicted octanol–water partition coefficient (Wildman–Crippen LogP) is 2.06. The Bertz CT molecular complexity index is 1010. The smallest absolute Gasteiger partial charge is 0.231 e. The van der Waals surface area contributed by atoms with Gasteiger partial charge in [-0.2, -0.15) is 0 Å². The fourth-order valence-electron chi connectivity index (χ4n) is 4.35. The topological polar surface area (TPSA) is 72.3 Å². The average molecular weight is 393 g/mol. The lowest BCUT2D eigenvalue weighted by atomic mass is 10.0. The Morgan fingerprint density at radius 3 is 2.90 bits per heavy atom. The van der Waals surface area contributed by atoms with Crippen molar-refractivity contribution in [3.63, 3.8) is 0 Å². The number of hydrogen-bond acceptors (Lipinski definition) is 5. The molecule has 3 heterocycles. The van der Waals surface area contributed by atoms with Crippen molar-refractivity contribution in [2.45, 2.75) is 38.8 Å². The Morgan fingerprint density at radius 1 is 1.17 bits per heavy atom. The zero-order valence-corrected chi connectivity index (χ0v) is 16.3. The van der Waals surface area contributed by atoms with Gasteiger partial charge in [-0.25, -0.2) is 0 Å². The Balaban J connectivity index is 1.45. The van der Waals surface area contributed by atoms with E-state index < -0.39 is 0 Å². The molecule has 3 aliphatic heterocycles. The summed E-state index contributed by atoms with van der Waals surface area (Å²) in [5.74, 6) is 1.73. The molecule has 5 rings (SSSR count). The SMILES string of the molecule is CC1CCCC[NH+]1Cc1c([O-])ccc2c1O/C(=C\c1ccc3c(c1)OCO3)C2=O. The van der Waals surface area contributed by atoms with Crippen LogP contribution in [0.25, 0.3) is 6.08 Å². The third-order valence-electron chi connectivity index (χ3n) is 6.08. The van der Waals surface area contributed by atoms with Gasteiger partial charge < -0.3 is 24.2 Å². The summed E-state index contributed by atoms with van der Waals surface area (Å²) in [7, 11) is 0. The molecule has 3 aliphatic rings. The van der Waals surface area contributed by atoms with Crippen LogP contribution in [0.4, 0.5) is 0 Å². The molecular formula is C23H23NO5. The van der Waals surface area contributed by atoms with Crippen LogP contribution in [0.1, 0.15) is 47.7 Å². The second kappa shape index (κ2) is 7.12. The lowest BCUT2D eigenvalue weighted by Gasteiger charge is -2.31. The summed E-state index contributed by atoms with van der Waals surface area (Å²) in [6.07, 6.45) is 5.25. The molecule has 0 aliphatic carbocycles. The molecule has 6 heteroatoms. The van der Waals surface area contributed by atoms with Gasteiger partial charge in [0, 0.05) is 5.56 Å². The molecule has 29 heavy (non-hydrogen) atoms. The quantitative estimate of drug-likeness (QED) is 0.809. The van der Waals surface area contributed by atoms with Crippen molar-refractivity contribution in [1.82, 2.24) is 0 Å². The van der Waals surface area contributed by atoms with Crippen molar-refractivity contribution in [3.05, 3.63) is 52.8 Å². The van der Waals surface area contributed by atoms with Crippen LogP contribution in [0.3, 0.4) is 0 Å². The second-order valence-corrected chi connectivity index (χ2v) is 7.95. The molecule has 2 aromatic carbocycles. The number of allylic oxidation sites excluding steroid dienone is 1. The molecule has 0 spiro atoms. The number of fused-ring (bicyclic) bond motifs is 2. The van der Waals surface area contributed by atoms with Crippen LogP contribution in [0, 0.1) is 0 Å². The third kappa shape index (κ3) is 3.23. The summed E-state index contributed by atoms with van der Waals surface area (Å²) in [6, 6.07) is 9.05. The number of likely N-dealkylation sites (tertiary alicyclic amines) is 1. The highest BCUT2D eigenvalue weighted by Crippen LogP contribution is 2.39. The largest absolute Gasteiger partial charge is 0.872 e. The number of rotatable bonds is 3. The molecule has 0 bridgehead atoms. The van der Waals surface area contributed by atoms with Crippen LogP contribution in [0.2, 0.25) is 0 Å². The van der Waals surface area contributed by atoms with Gasteiger partial charge in [0.25, 0.3) is 0 Å². The molecule has 1 fully saturated rings. The van der Waals surface area contributed by atoms with Crippen LogP contribution in [0.15, 0.2) is 36.1 Å². The van der Waals surface area contributed by atoms with E-state index in [0.29, 0.717) is 41.0 Å². The van der Waals surface area contributed by atoms with Crippen molar-refractivity contribution in [3.8, 4) is 23.0 Å². The number of ether oxygens (including phenoxy) is 3. The van der Waals surface area contributed by atoms with E-state index in [1.54, 1.807) is 12.1 Å². The normalized spacial score (nSPS) is 23.9. The maximum absolute atomic E-state index is 12.9. The van der Waals surface area contributed by atoms with Crippen molar-refractivity contribution in [2.75, 3.05) is 13.3 Å². The van der Waals surface area contributed by atoms with Crippen LogP contribution in [-0.2, 0) is 6.54 Å². The van der Waals surface area contributed by atoms with Crippen LogP contribution < -0.4 is 24.2 Å². The van der Waals surface area contributed by atoms with Gasteiger partial charge in [0.2, 0.25) is 12.6 Å². The van der Waals surface area contributed by atoms with Gasteiger partial charge in [-0.05, 0) is 56.0 Å². The third-order valence-corrected chi connectivity index (χ3v) is 6.08. The molecule has 6 nitrogen and oxygen atoms in total. The van der Waals surface area contributed by atoms with Gasteiger partial charge in [-0.15, -0.1) is 0 Å². The maximum atomic E-state index is 12.9. The Labute approximate surface area is 169 Å². The summed E-state index contributed by atoms with van der Waals surface area (Å²) in [5.41, 5.74) is 1.86. The van der Waals surface area contributed by atoms with Gasteiger partial charge in [0.15, 0.2) is 17.3 Å². The molecule has 0 radical (unpaired) electrons. The lowest BCUT2D eigenvalue weighted by Crippen LogP contribution is -3.14. The van der Waals surface area contributed by atoms with Gasteiger partial charge in [-0.1, -0.05) is 17.9 Å². The van der Waals surface area contributed by atoms with Gasteiger partial charge in [0.1, 0.15) is 12.3 Å². The van der Waals surface area contributed by atoms with E-state index in [-0.39, 0.29) is 24.1 Å². The molecule has 1 saturated heterocycles. The van der Waals surface area contributed by atoms with Crippen molar-refractivity contribution in [1.29, 1.82) is 0 Å². The number of piperidine rings is 1. The lowest BCUT2D eigenvalue weighted by molar-refractivity contribution is -0.942. The van der Waals surface area contributed by atoms with E-state index in [0.717, 1.165) is 24.9 Å². The summed E-state index contributed by atoms with van der Waals surface area (Å²) < 4.78 is 16.7. The van der Waals surface area contributed by atoms with Crippen molar-refractivity contribution in [2.24, 2.45) is 0 Å². The zero-order valence-electron chi connectivity index (χ0n) is 16.3. The standard InChI is InChI=1S/C23H23NO5/c1-14-4-2-3-9-24(14)12-17-18(25)7-6-16-22(26)21(29-23(16)17)11-15-5-8-19-20(10-15)28-13-27-19/h5-8,10-11,14,25H,2-4,9,12-13H2,1H3/b21-11-. The molecule has 150 valence electrons. The number of ketones is 1. The van der Waals surface area contributed by atoms with Crippen LogP contribution >= 0.6 is 0 Å². The second-order valence-electron chi connectivity index (χ2n) is 7.95. The van der Waals surface area contributed by atoms with E-state index in [2.05, 4.69) is 6.92 Å². The fourth-order valence-corrected chi connectivity index (χ4v) is 4.35. The molecule has 0 aromatic heterocycles. The van der Waals surface area contributed by atoms with Crippen LogP contribution in [0.5, 0.6) is 23.0 Å². The van der Waals surface area contributed by atoms with E-state index in [1.807, 2.05) is 18.2 Å². The summed E-state index contributed by atoms with van der Waals surface area (Å²) in [5, 5.41) is 12.6. The average Bonchev–Trinajstić information content (AvgIpc) is 3.30. The first-order chi connectivity index (χ1) is 14.1. The van der Waals surface area contributed by atoms with Crippen LogP contribution in [-0.4, -0.2) is 25.2 Å². The first-order valence-corrected chi connectivity index (χ1v) is 10.1. The number of hydrogen-bond donors (Lipinski definition) is 1. The maximum Gasteiger partial charge on any atom is 0.231 e. The van der Waals surface area contributed by atoms with Gasteiger partial charge in [-0.3, -0.25) is 4.79 Å². The molecule has 0 saturated carbocycles. The first-order valence-electron chi connectivity index (χ1n) is 10.1. The molecule has 2 unspecified atom stereocenters. The van der Waals surface area contributed by atoms with Crippen molar-refractivity contribution < 1.29 is 29.0 Å². The summed E-state index contributed by atoms with van der Waals surface area (Å²) in [4.78, 5) is 14.3. The summed E-state index contributed by atoms with van der Waals surface area (Å²) >= 11 is 0. The monoisotopic (exact) mass is 393 g/mol. The fraction of sp³-hybridized carbons (Fsp3) is 0.348. The minimum absolute atomic E-state index is 0.0637. The number of nitrogens with one attached hydrogen (secondary N) is 1. The zero-order chi connectivity index (χ0) is 20.0. The predicted molar refractivity (Wildman–Crippen MR) is 104 cm³/mol. The van der Waals surface area contributed by atoms with Crippen molar-refractivity contribution >= 4 is 11.9 Å². The number of carbonyl (C=O) groups excluding carboxylic acids is 1. The molecule has 0 amide bonds. The van der Waals surface area contributed by atoms with Gasteiger partial charge >= 0.3 is 0 Å². The molecule has 1 N–H and O–H groups in total. The Morgan fingerprint density at radius 2 is 2.03 bits per heavy atom. The van der Waals surface area contributed by atoms with E-state index in [4.69, 9.17) is 14.2 Å². The number of quaternary nitrogens is 1. The minimum atomic E-state index is -0.194. The highest BCUT2D eigenvalue weighted by molar-refractivity contribution is 6.15. The van der Waals surface area contributed by atoms with E-state index in [9.17, 15) is 9.90 Å². The number of carbonyl (C=O) groups is 1. The highest BCUT2D eigenvalue weighted by Gasteiger charge is 2.32. The molecule has 2 atom stereocenters. The molecular weight excluding hydrogens is 370 g/mol. The molecule has 2 aromatic rings. The summed E-state index contributed by atoms with van der Waals surface area (Å²) in [6.45, 7) is 4.05. The highest BCUT2D eigenvalue weighted by atomic mass is 16.7. The van der Waals surface area contributed by atoms with Gasteiger partial charge in [0.05, 0.1) is 18.2 Å². The number of benzene rings is 2.